The second-order valence-corrected chi connectivity index (χ2v) is 3.61. The molecule has 0 fully saturated rings. The number of nitrogens with one attached hydrogen (secondary N) is 2. The molecule has 0 bridgehead atoms. The third kappa shape index (κ3) is 2.54. The first-order chi connectivity index (χ1) is 8.20. The molecule has 2 aromatic rings. The van der Waals surface area contributed by atoms with Crippen molar-refractivity contribution >= 4 is 11.6 Å². The fourth-order valence-corrected chi connectivity index (χ4v) is 1.49. The molecule has 4 heteroatoms. The highest BCUT2D eigenvalue weighted by Crippen LogP contribution is 2.15. The highest BCUT2D eigenvalue weighted by atomic mass is 16.3. The van der Waals surface area contributed by atoms with Crippen molar-refractivity contribution in [1.29, 1.82) is 0 Å². The summed E-state index contributed by atoms with van der Waals surface area (Å²) in [5, 5.41) is 11.7. The van der Waals surface area contributed by atoms with Crippen molar-refractivity contribution in [2.45, 2.75) is 6.61 Å². The number of aliphatic hydroxyl groups is 1. The van der Waals surface area contributed by atoms with Gasteiger partial charge in [0.25, 0.3) is 5.91 Å². The van der Waals surface area contributed by atoms with Gasteiger partial charge in [-0.2, -0.15) is 0 Å². The number of benzene rings is 1. The van der Waals surface area contributed by atoms with Crippen molar-refractivity contribution < 1.29 is 9.90 Å². The van der Waals surface area contributed by atoms with Crippen LogP contribution in [0.2, 0.25) is 0 Å². The van der Waals surface area contributed by atoms with Gasteiger partial charge in [-0.1, -0.05) is 6.07 Å². The Morgan fingerprint density at radius 2 is 2.24 bits per heavy atom. The molecule has 0 aliphatic carbocycles. The third-order valence-electron chi connectivity index (χ3n) is 2.42. The van der Waals surface area contributed by atoms with E-state index < -0.39 is 0 Å². The SMILES string of the molecule is [CH]c1cc(NC(=O)c2ccc[nH]2)ccc1CO. The van der Waals surface area contributed by atoms with Crippen LogP contribution in [0.3, 0.4) is 0 Å². The van der Waals surface area contributed by atoms with Gasteiger partial charge in [0, 0.05) is 11.9 Å². The molecule has 0 atom stereocenters. The lowest BCUT2D eigenvalue weighted by atomic mass is 10.1. The molecule has 0 aliphatic rings. The lowest BCUT2D eigenvalue weighted by Gasteiger charge is -2.07. The normalized spacial score (nSPS) is 10.2. The zero-order chi connectivity index (χ0) is 12.3. The van der Waals surface area contributed by atoms with Gasteiger partial charge in [-0.3, -0.25) is 4.79 Å². The quantitative estimate of drug-likeness (QED) is 0.750. The number of carbonyl (C=O) groups is 1. The molecular formula is C13H12N2O2. The lowest BCUT2D eigenvalue weighted by molar-refractivity contribution is 0.102. The summed E-state index contributed by atoms with van der Waals surface area (Å²) in [5.41, 5.74) is 2.17. The van der Waals surface area contributed by atoms with E-state index in [2.05, 4.69) is 10.3 Å². The maximum atomic E-state index is 11.7. The molecule has 4 nitrogen and oxygen atoms in total. The van der Waals surface area contributed by atoms with E-state index in [4.69, 9.17) is 12.0 Å². The van der Waals surface area contributed by atoms with Crippen LogP contribution in [0.1, 0.15) is 21.6 Å². The van der Waals surface area contributed by atoms with E-state index in [1.54, 1.807) is 36.5 Å². The van der Waals surface area contributed by atoms with E-state index in [0.29, 0.717) is 22.5 Å². The van der Waals surface area contributed by atoms with Gasteiger partial charge in [-0.05, 0) is 42.3 Å². The molecule has 1 aromatic heterocycles. The van der Waals surface area contributed by atoms with Gasteiger partial charge >= 0.3 is 0 Å². The van der Waals surface area contributed by atoms with E-state index in [1.807, 2.05) is 0 Å². The topological polar surface area (TPSA) is 65.1 Å². The number of amides is 1. The number of anilines is 1. The zero-order valence-electron chi connectivity index (χ0n) is 9.10. The molecule has 2 rings (SSSR count). The molecule has 3 N–H and O–H groups in total. The molecule has 86 valence electrons. The summed E-state index contributed by atoms with van der Waals surface area (Å²) in [4.78, 5) is 14.5. The predicted molar refractivity (Wildman–Crippen MR) is 64.5 cm³/mol. The molecule has 1 heterocycles. The van der Waals surface area contributed by atoms with Crippen LogP contribution < -0.4 is 5.32 Å². The minimum Gasteiger partial charge on any atom is -0.392 e. The number of carbonyl (C=O) groups excluding carboxylic acids is 1. The van der Waals surface area contributed by atoms with E-state index in [9.17, 15) is 4.79 Å². The number of hydrogen-bond acceptors (Lipinski definition) is 2. The molecule has 0 unspecified atom stereocenters. The minimum absolute atomic E-state index is 0.114. The summed E-state index contributed by atoms with van der Waals surface area (Å²) >= 11 is 0. The summed E-state index contributed by atoms with van der Waals surface area (Å²) < 4.78 is 0. The second-order valence-electron chi connectivity index (χ2n) is 3.61. The van der Waals surface area contributed by atoms with E-state index in [-0.39, 0.29) is 12.5 Å². The maximum Gasteiger partial charge on any atom is 0.272 e. The standard InChI is InChI=1S/C13H12N2O2/c1-9-7-11(5-4-10(9)8-16)15-13(17)12-3-2-6-14-12/h1-7,14,16H,8H2,(H,15,17). The summed E-state index contributed by atoms with van der Waals surface area (Å²) in [6.45, 7) is 5.59. The molecule has 0 saturated heterocycles. The van der Waals surface area contributed by atoms with Crippen molar-refractivity contribution in [2.75, 3.05) is 5.32 Å². The monoisotopic (exact) mass is 228 g/mol. The largest absolute Gasteiger partial charge is 0.392 e. The van der Waals surface area contributed by atoms with Crippen molar-refractivity contribution in [3.05, 3.63) is 60.3 Å². The van der Waals surface area contributed by atoms with Crippen LogP contribution in [0.5, 0.6) is 0 Å². The third-order valence-corrected chi connectivity index (χ3v) is 2.42. The molecule has 0 aliphatic heterocycles. The van der Waals surface area contributed by atoms with Gasteiger partial charge in [0.1, 0.15) is 5.69 Å². The first-order valence-corrected chi connectivity index (χ1v) is 5.14. The summed E-state index contributed by atoms with van der Waals surface area (Å²) in [5.74, 6) is -0.230. The Bertz CT molecular complexity index is 518. The summed E-state index contributed by atoms with van der Waals surface area (Å²) in [7, 11) is 0. The van der Waals surface area contributed by atoms with Gasteiger partial charge in [0.15, 0.2) is 0 Å². The maximum absolute atomic E-state index is 11.7. The predicted octanol–water partition coefficient (Wildman–Crippen LogP) is 1.82. The highest BCUT2D eigenvalue weighted by Gasteiger charge is 2.07. The molecule has 17 heavy (non-hydrogen) atoms. The minimum atomic E-state index is -0.230. The first-order valence-electron chi connectivity index (χ1n) is 5.14. The van der Waals surface area contributed by atoms with Crippen molar-refractivity contribution in [1.82, 2.24) is 4.98 Å². The Kier molecular flexibility index (Phi) is 3.25. The summed E-state index contributed by atoms with van der Waals surface area (Å²) in [6.07, 6.45) is 1.68. The lowest BCUT2D eigenvalue weighted by Crippen LogP contribution is -2.12. The van der Waals surface area contributed by atoms with Gasteiger partial charge in [0.05, 0.1) is 6.61 Å². The van der Waals surface area contributed by atoms with Crippen LogP contribution in [0.4, 0.5) is 5.69 Å². The van der Waals surface area contributed by atoms with Gasteiger partial charge in [-0.15, -0.1) is 0 Å². The Morgan fingerprint density at radius 1 is 1.41 bits per heavy atom. The van der Waals surface area contributed by atoms with Crippen LogP contribution in [-0.2, 0) is 6.61 Å². The van der Waals surface area contributed by atoms with Crippen LogP contribution in [-0.4, -0.2) is 16.0 Å². The van der Waals surface area contributed by atoms with Crippen LogP contribution in [0.15, 0.2) is 36.5 Å². The molecule has 0 spiro atoms. The zero-order valence-corrected chi connectivity index (χ0v) is 9.10. The first kappa shape index (κ1) is 11.4. The smallest absolute Gasteiger partial charge is 0.272 e. The van der Waals surface area contributed by atoms with Crippen LogP contribution in [0, 0.1) is 6.92 Å². The second kappa shape index (κ2) is 4.84. The van der Waals surface area contributed by atoms with Crippen LogP contribution in [0.25, 0.3) is 0 Å². The molecule has 2 radical (unpaired) electrons. The van der Waals surface area contributed by atoms with Crippen molar-refractivity contribution in [3.8, 4) is 0 Å². The number of aliphatic hydroxyl groups excluding tert-OH is 1. The Balaban J connectivity index is 2.14. The fourth-order valence-electron chi connectivity index (χ4n) is 1.49. The average molecular weight is 228 g/mol. The molecule has 1 aromatic carbocycles. The van der Waals surface area contributed by atoms with Crippen LogP contribution >= 0.6 is 0 Å². The Hall–Kier alpha value is -2.07. The van der Waals surface area contributed by atoms with Gasteiger partial charge in [0.2, 0.25) is 0 Å². The number of aromatic nitrogens is 1. The molecular weight excluding hydrogens is 216 g/mol. The van der Waals surface area contributed by atoms with E-state index in [0.717, 1.165) is 0 Å². The molecule has 0 saturated carbocycles. The van der Waals surface area contributed by atoms with Gasteiger partial charge < -0.3 is 15.4 Å². The van der Waals surface area contributed by atoms with Crippen molar-refractivity contribution in [3.63, 3.8) is 0 Å². The number of H-pyrrole nitrogens is 1. The van der Waals surface area contributed by atoms with E-state index >= 15 is 0 Å². The van der Waals surface area contributed by atoms with Crippen molar-refractivity contribution in [2.24, 2.45) is 0 Å². The Labute approximate surface area is 99.3 Å². The Morgan fingerprint density at radius 3 is 2.82 bits per heavy atom. The number of aromatic amines is 1. The number of hydrogen-bond donors (Lipinski definition) is 3. The average Bonchev–Trinajstić information content (AvgIpc) is 2.82. The van der Waals surface area contributed by atoms with Gasteiger partial charge in [-0.25, -0.2) is 0 Å². The highest BCUT2D eigenvalue weighted by molar-refractivity contribution is 6.02. The molecule has 1 amide bonds. The summed E-state index contributed by atoms with van der Waals surface area (Å²) in [6, 6.07) is 8.42. The fraction of sp³-hybridized carbons (Fsp3) is 0.0769. The van der Waals surface area contributed by atoms with E-state index in [1.165, 1.54) is 0 Å². The number of rotatable bonds is 3.